The second-order valence-corrected chi connectivity index (χ2v) is 9.33. The fourth-order valence-corrected chi connectivity index (χ4v) is 5.16. The van der Waals surface area contributed by atoms with Crippen LogP contribution in [0.25, 0.3) is 0 Å². The van der Waals surface area contributed by atoms with Crippen molar-refractivity contribution in [2.45, 2.75) is 71.7 Å². The molecule has 2 aromatic rings. The van der Waals surface area contributed by atoms with E-state index in [4.69, 9.17) is 4.74 Å². The third-order valence-electron chi connectivity index (χ3n) is 7.18. The highest BCUT2D eigenvalue weighted by molar-refractivity contribution is 5.94. The van der Waals surface area contributed by atoms with Crippen molar-refractivity contribution < 1.29 is 14.6 Å². The lowest BCUT2D eigenvalue weighted by molar-refractivity contribution is 0.0568. The molecular formula is C26H35N3O3. The summed E-state index contributed by atoms with van der Waals surface area (Å²) in [6.45, 7) is 12.3. The summed E-state index contributed by atoms with van der Waals surface area (Å²) >= 11 is 0. The molecule has 2 aliphatic rings. The Labute approximate surface area is 191 Å². The first-order chi connectivity index (χ1) is 15.3. The molecule has 1 aromatic heterocycles. The highest BCUT2D eigenvalue weighted by Gasteiger charge is 2.47. The number of piperazine rings is 1. The van der Waals surface area contributed by atoms with Crippen molar-refractivity contribution in [2.75, 3.05) is 19.7 Å². The molecule has 1 aromatic carbocycles. The number of aryl methyl sites for hydroxylation is 1. The molecule has 2 saturated heterocycles. The van der Waals surface area contributed by atoms with Crippen LogP contribution in [0.3, 0.4) is 0 Å². The number of nitrogens with zero attached hydrogens (tertiary/aromatic N) is 3. The molecule has 32 heavy (non-hydrogen) atoms. The number of carbonyl (C=O) groups excluding carboxylic acids is 1. The summed E-state index contributed by atoms with van der Waals surface area (Å²) in [5, 5.41) is 9.51. The standard InChI is InChI=1S/C26H35N3O3/c1-6-21-8-7-20(12-27-21)26(31)29-14-22-11-23(29)13-28(22)19(5)24-9-10-25(18(4)17(24)3)32-15-16(2)30/h7-10,12,16,19,22-23,30H,6,11,13-15H2,1-5H3/t16-,19+,22+,23+/m1/s1. The average molecular weight is 438 g/mol. The van der Waals surface area contributed by atoms with Crippen molar-refractivity contribution >= 4 is 5.91 Å². The maximum atomic E-state index is 13.1. The first-order valence-electron chi connectivity index (χ1n) is 11.7. The number of carbonyl (C=O) groups is 1. The highest BCUT2D eigenvalue weighted by Crippen LogP contribution is 2.39. The lowest BCUT2D eigenvalue weighted by Crippen LogP contribution is -2.49. The van der Waals surface area contributed by atoms with Crippen LogP contribution >= 0.6 is 0 Å². The fraction of sp³-hybridized carbons (Fsp3) is 0.538. The molecule has 172 valence electrons. The monoisotopic (exact) mass is 437 g/mol. The number of hydrogen-bond acceptors (Lipinski definition) is 5. The average Bonchev–Trinajstić information content (AvgIpc) is 3.40. The molecule has 0 spiro atoms. The number of aromatic nitrogens is 1. The predicted molar refractivity (Wildman–Crippen MR) is 125 cm³/mol. The third-order valence-corrected chi connectivity index (χ3v) is 7.18. The Balaban J connectivity index is 1.44. The Kier molecular flexibility index (Phi) is 6.54. The smallest absolute Gasteiger partial charge is 0.255 e. The van der Waals surface area contributed by atoms with E-state index < -0.39 is 6.10 Å². The highest BCUT2D eigenvalue weighted by atomic mass is 16.5. The molecule has 1 N–H and O–H groups in total. The van der Waals surface area contributed by atoms with Crippen LogP contribution in [0, 0.1) is 13.8 Å². The van der Waals surface area contributed by atoms with Gasteiger partial charge in [0.2, 0.25) is 0 Å². The molecule has 6 heteroatoms. The molecule has 2 fully saturated rings. The van der Waals surface area contributed by atoms with Gasteiger partial charge in [0.15, 0.2) is 0 Å². The van der Waals surface area contributed by atoms with Crippen LogP contribution in [0.15, 0.2) is 30.5 Å². The molecule has 0 saturated carbocycles. The first kappa shape index (κ1) is 22.7. The van der Waals surface area contributed by atoms with Crippen molar-refractivity contribution in [1.29, 1.82) is 0 Å². The van der Waals surface area contributed by atoms with Crippen LogP contribution in [-0.4, -0.2) is 63.7 Å². The van der Waals surface area contributed by atoms with Gasteiger partial charge in [0.1, 0.15) is 12.4 Å². The van der Waals surface area contributed by atoms with Crippen LogP contribution < -0.4 is 4.74 Å². The molecule has 2 aliphatic heterocycles. The van der Waals surface area contributed by atoms with Crippen LogP contribution in [-0.2, 0) is 6.42 Å². The van der Waals surface area contributed by atoms with E-state index in [-0.39, 0.29) is 18.0 Å². The summed E-state index contributed by atoms with van der Waals surface area (Å²) in [6.07, 6.45) is 3.15. The van der Waals surface area contributed by atoms with Crippen molar-refractivity contribution in [3.05, 3.63) is 58.4 Å². The van der Waals surface area contributed by atoms with E-state index in [1.165, 1.54) is 11.1 Å². The van der Waals surface area contributed by atoms with Crippen LogP contribution in [0.5, 0.6) is 5.75 Å². The number of benzene rings is 1. The van der Waals surface area contributed by atoms with Crippen LogP contribution in [0.2, 0.25) is 0 Å². The number of rotatable bonds is 7. The lowest BCUT2D eigenvalue weighted by atomic mass is 9.96. The topological polar surface area (TPSA) is 65.9 Å². The van der Waals surface area contributed by atoms with E-state index in [0.717, 1.165) is 42.9 Å². The van der Waals surface area contributed by atoms with E-state index >= 15 is 0 Å². The number of aliphatic hydroxyl groups is 1. The minimum atomic E-state index is -0.487. The van der Waals surface area contributed by atoms with Gasteiger partial charge in [-0.2, -0.15) is 0 Å². The van der Waals surface area contributed by atoms with Gasteiger partial charge in [-0.15, -0.1) is 0 Å². The van der Waals surface area contributed by atoms with Gasteiger partial charge in [-0.1, -0.05) is 13.0 Å². The van der Waals surface area contributed by atoms with E-state index in [2.05, 4.69) is 43.6 Å². The molecule has 4 rings (SSSR count). The third kappa shape index (κ3) is 4.26. The van der Waals surface area contributed by atoms with Gasteiger partial charge < -0.3 is 14.7 Å². The minimum Gasteiger partial charge on any atom is -0.491 e. The number of likely N-dealkylation sites (tertiary alicyclic amines) is 2. The van der Waals surface area contributed by atoms with Gasteiger partial charge in [0, 0.05) is 43.1 Å². The van der Waals surface area contributed by atoms with Crippen molar-refractivity contribution in [1.82, 2.24) is 14.8 Å². The number of amides is 1. The summed E-state index contributed by atoms with van der Waals surface area (Å²) < 4.78 is 5.77. The van der Waals surface area contributed by atoms with E-state index in [1.807, 2.05) is 23.1 Å². The van der Waals surface area contributed by atoms with Gasteiger partial charge in [-0.05, 0) is 75.4 Å². The summed E-state index contributed by atoms with van der Waals surface area (Å²) in [5.74, 6) is 0.938. The molecule has 0 radical (unpaired) electrons. The number of fused-ring (bicyclic) bond motifs is 2. The number of aliphatic hydroxyl groups excluding tert-OH is 1. The molecule has 0 aliphatic carbocycles. The van der Waals surface area contributed by atoms with E-state index in [0.29, 0.717) is 18.2 Å². The SMILES string of the molecule is CCc1ccc(C(=O)N2C[C@@H]3C[C@H]2CN3[C@@H](C)c2ccc(OC[C@@H](C)O)c(C)c2C)cn1. The van der Waals surface area contributed by atoms with Gasteiger partial charge in [-0.3, -0.25) is 14.7 Å². The van der Waals surface area contributed by atoms with Gasteiger partial charge in [0.25, 0.3) is 5.91 Å². The van der Waals surface area contributed by atoms with Crippen molar-refractivity contribution in [3.8, 4) is 5.75 Å². The Hall–Kier alpha value is -2.44. The zero-order valence-corrected chi connectivity index (χ0v) is 19.8. The Bertz CT molecular complexity index is 973. The number of ether oxygens (including phenoxy) is 1. The summed E-state index contributed by atoms with van der Waals surface area (Å²) in [6, 6.07) is 8.96. The van der Waals surface area contributed by atoms with Gasteiger partial charge >= 0.3 is 0 Å². The summed E-state index contributed by atoms with van der Waals surface area (Å²) in [7, 11) is 0. The van der Waals surface area contributed by atoms with Crippen molar-refractivity contribution in [2.24, 2.45) is 0 Å². The summed E-state index contributed by atoms with van der Waals surface area (Å²) in [4.78, 5) is 22.1. The maximum Gasteiger partial charge on any atom is 0.255 e. The molecule has 4 atom stereocenters. The first-order valence-corrected chi connectivity index (χ1v) is 11.7. The zero-order chi connectivity index (χ0) is 23.0. The van der Waals surface area contributed by atoms with E-state index in [9.17, 15) is 9.90 Å². The zero-order valence-electron chi connectivity index (χ0n) is 19.8. The van der Waals surface area contributed by atoms with Crippen LogP contribution in [0.1, 0.15) is 66.0 Å². The summed E-state index contributed by atoms with van der Waals surface area (Å²) in [5.41, 5.74) is 5.36. The second kappa shape index (κ2) is 9.20. The predicted octanol–water partition coefficient (Wildman–Crippen LogP) is 3.68. The molecule has 6 nitrogen and oxygen atoms in total. The number of hydrogen-bond donors (Lipinski definition) is 1. The molecule has 3 heterocycles. The maximum absolute atomic E-state index is 13.1. The minimum absolute atomic E-state index is 0.103. The molecule has 1 amide bonds. The molecule has 0 unspecified atom stereocenters. The van der Waals surface area contributed by atoms with E-state index in [1.54, 1.807) is 13.1 Å². The Morgan fingerprint density at radius 3 is 2.53 bits per heavy atom. The fourth-order valence-electron chi connectivity index (χ4n) is 5.16. The second-order valence-electron chi connectivity index (χ2n) is 9.33. The van der Waals surface area contributed by atoms with Gasteiger partial charge in [-0.25, -0.2) is 0 Å². The normalized spacial score (nSPS) is 22.2. The van der Waals surface area contributed by atoms with Crippen LogP contribution in [0.4, 0.5) is 0 Å². The quantitative estimate of drug-likeness (QED) is 0.716. The molecular weight excluding hydrogens is 402 g/mol. The van der Waals surface area contributed by atoms with Crippen molar-refractivity contribution in [3.63, 3.8) is 0 Å². The lowest BCUT2D eigenvalue weighted by Gasteiger charge is -2.38. The Morgan fingerprint density at radius 2 is 1.94 bits per heavy atom. The number of pyridine rings is 1. The largest absolute Gasteiger partial charge is 0.491 e. The van der Waals surface area contributed by atoms with Gasteiger partial charge in [0.05, 0.1) is 11.7 Å². The Morgan fingerprint density at radius 1 is 1.16 bits per heavy atom. The molecule has 2 bridgehead atoms.